The molecule has 20 heavy (non-hydrogen) atoms. The fourth-order valence-electron chi connectivity index (χ4n) is 0. The molecule has 0 N–H and O–H groups in total. The lowest BCUT2D eigenvalue weighted by atomic mass is 10.4. The smallest absolute Gasteiger partial charge is 0.0351 e. The molecule has 0 aliphatic heterocycles. The van der Waals surface area contributed by atoms with Gasteiger partial charge in [-0.15, -0.1) is 0 Å². The van der Waals surface area contributed by atoms with E-state index in [0.29, 0.717) is 0 Å². The summed E-state index contributed by atoms with van der Waals surface area (Å²) in [6, 6.07) is 0. The SMILES string of the molecule is CCC.CCC.CCCC.CCCC.COC.CSC. The van der Waals surface area contributed by atoms with Crippen LogP contribution in [0.4, 0.5) is 0 Å². The zero-order valence-electron chi connectivity index (χ0n) is 17.1. The third kappa shape index (κ3) is 1030. The van der Waals surface area contributed by atoms with E-state index in [1.165, 1.54) is 38.5 Å². The summed E-state index contributed by atoms with van der Waals surface area (Å²) in [5.74, 6) is 0. The number of thioether (sulfide) groups is 1. The Bertz CT molecular complexity index is 43.4. The number of rotatable bonds is 2. The van der Waals surface area contributed by atoms with Crippen molar-refractivity contribution in [2.75, 3.05) is 26.7 Å². The Morgan fingerprint density at radius 3 is 0.600 bits per heavy atom. The van der Waals surface area contributed by atoms with Crippen LogP contribution in [0.3, 0.4) is 0 Å². The molecule has 0 saturated carbocycles. The maximum Gasteiger partial charge on any atom is 0.0351 e. The molecule has 0 radical (unpaired) electrons. The highest BCUT2D eigenvalue weighted by Crippen LogP contribution is 1.77. The van der Waals surface area contributed by atoms with Crippen LogP contribution in [0, 0.1) is 0 Å². The van der Waals surface area contributed by atoms with E-state index >= 15 is 0 Å². The molecule has 1 nitrogen and oxygen atoms in total. The molecule has 2 heteroatoms. The minimum Gasteiger partial charge on any atom is -0.388 e. The molecule has 0 heterocycles. The second kappa shape index (κ2) is 93.7. The first-order chi connectivity index (χ1) is 9.49. The summed E-state index contributed by atoms with van der Waals surface area (Å²) in [5, 5.41) is 0. The Morgan fingerprint density at radius 2 is 0.600 bits per heavy atom. The van der Waals surface area contributed by atoms with Crippen LogP contribution in [0.25, 0.3) is 0 Å². The van der Waals surface area contributed by atoms with E-state index in [-0.39, 0.29) is 0 Å². The van der Waals surface area contributed by atoms with Crippen LogP contribution >= 0.6 is 11.8 Å². The van der Waals surface area contributed by atoms with Crippen molar-refractivity contribution in [2.24, 2.45) is 0 Å². The molecule has 0 bridgehead atoms. The van der Waals surface area contributed by atoms with Gasteiger partial charge in [0.2, 0.25) is 0 Å². The largest absolute Gasteiger partial charge is 0.388 e. The van der Waals surface area contributed by atoms with Gasteiger partial charge < -0.3 is 4.74 Å². The van der Waals surface area contributed by atoms with Crippen LogP contribution < -0.4 is 0 Å². The Hall–Kier alpha value is 0.310. The fourth-order valence-corrected chi connectivity index (χ4v) is 0. The summed E-state index contributed by atoms with van der Waals surface area (Å²) in [6.45, 7) is 17.2. The van der Waals surface area contributed by atoms with E-state index in [1.54, 1.807) is 26.0 Å². The molecule has 0 atom stereocenters. The standard InChI is InChI=1S/2C4H10.2C3H8.C2H6O.C2H6S/c2*1-3-4-2;4*1-3-2/h2*3-4H2,1-2H3;2*3H2,1-2H3;2*1-2H3. The first-order valence-electron chi connectivity index (χ1n) is 8.29. The molecule has 0 aromatic carbocycles. The number of hydrogen-bond donors (Lipinski definition) is 0. The summed E-state index contributed by atoms with van der Waals surface area (Å²) < 4.78 is 4.25. The molecule has 0 aliphatic rings. The zero-order chi connectivity index (χ0) is 17.7. The summed E-state index contributed by atoms with van der Waals surface area (Å²) >= 11 is 1.75. The van der Waals surface area contributed by atoms with Crippen molar-refractivity contribution >= 4 is 11.8 Å². The summed E-state index contributed by atoms with van der Waals surface area (Å²) in [7, 11) is 3.25. The maximum atomic E-state index is 4.25. The van der Waals surface area contributed by atoms with Crippen LogP contribution in [-0.2, 0) is 4.74 Å². The first kappa shape index (κ1) is 37.0. The number of hydrogen-bond acceptors (Lipinski definition) is 2. The molecule has 132 valence electrons. The summed E-state index contributed by atoms with van der Waals surface area (Å²) in [4.78, 5) is 0. The van der Waals surface area contributed by atoms with Gasteiger partial charge >= 0.3 is 0 Å². The van der Waals surface area contributed by atoms with Crippen molar-refractivity contribution in [3.05, 3.63) is 0 Å². The molecule has 0 aromatic rings. The average Bonchev–Trinajstić information content (AvgIpc) is 2.42. The zero-order valence-corrected chi connectivity index (χ0v) is 17.9. The highest BCUT2D eigenvalue weighted by Gasteiger charge is 1.56. The maximum absolute atomic E-state index is 4.25. The molecule has 0 saturated heterocycles. The van der Waals surface area contributed by atoms with Gasteiger partial charge in [0.15, 0.2) is 0 Å². The molecule has 0 rings (SSSR count). The second-order valence-electron chi connectivity index (χ2n) is 4.23. The van der Waals surface area contributed by atoms with E-state index in [4.69, 9.17) is 0 Å². The van der Waals surface area contributed by atoms with E-state index < -0.39 is 0 Å². The lowest BCUT2D eigenvalue weighted by Crippen LogP contribution is -1.55. The predicted octanol–water partition coefficient (Wildman–Crippen LogP) is 7.69. The lowest BCUT2D eigenvalue weighted by Gasteiger charge is -1.68. The van der Waals surface area contributed by atoms with Gasteiger partial charge in [0, 0.05) is 14.2 Å². The van der Waals surface area contributed by atoms with E-state index in [2.05, 4.69) is 60.1 Å². The van der Waals surface area contributed by atoms with Gasteiger partial charge in [-0.3, -0.25) is 0 Å². The van der Waals surface area contributed by atoms with Crippen molar-refractivity contribution in [3.63, 3.8) is 0 Å². The lowest BCUT2D eigenvalue weighted by molar-refractivity contribution is 0.277. The summed E-state index contributed by atoms with van der Waals surface area (Å²) in [6.07, 6.45) is 11.9. The van der Waals surface area contributed by atoms with Crippen molar-refractivity contribution < 1.29 is 4.74 Å². The summed E-state index contributed by atoms with van der Waals surface area (Å²) in [5.41, 5.74) is 0. The topological polar surface area (TPSA) is 9.23 Å². The van der Waals surface area contributed by atoms with Crippen molar-refractivity contribution in [3.8, 4) is 0 Å². The number of ether oxygens (including phenoxy) is 1. The first-order valence-corrected chi connectivity index (χ1v) is 9.92. The predicted molar refractivity (Wildman–Crippen MR) is 105 cm³/mol. The van der Waals surface area contributed by atoms with Crippen molar-refractivity contribution in [1.82, 2.24) is 0 Å². The Balaban J connectivity index is -0.0000000296. The number of methoxy groups -OCH3 is 1. The highest BCUT2D eigenvalue weighted by molar-refractivity contribution is 7.97. The molecular weight excluding hydrogens is 264 g/mol. The van der Waals surface area contributed by atoms with Crippen LogP contribution in [0.15, 0.2) is 0 Å². The monoisotopic (exact) mass is 312 g/mol. The second-order valence-corrected chi connectivity index (χ2v) is 5.05. The van der Waals surface area contributed by atoms with Crippen LogP contribution in [0.1, 0.15) is 93.9 Å². The van der Waals surface area contributed by atoms with Crippen molar-refractivity contribution in [2.45, 2.75) is 93.9 Å². The van der Waals surface area contributed by atoms with Gasteiger partial charge in [-0.2, -0.15) is 11.8 Å². The van der Waals surface area contributed by atoms with E-state index in [1.807, 2.05) is 12.5 Å². The van der Waals surface area contributed by atoms with Gasteiger partial charge in [0.25, 0.3) is 0 Å². The molecule has 0 aliphatic carbocycles. The minimum absolute atomic E-state index is 1.25. The molecule has 0 amide bonds. The minimum atomic E-state index is 1.25. The highest BCUT2D eigenvalue weighted by atomic mass is 32.2. The van der Waals surface area contributed by atoms with Crippen molar-refractivity contribution in [1.29, 1.82) is 0 Å². The fraction of sp³-hybridized carbons (Fsp3) is 1.00. The Kier molecular flexibility index (Phi) is 173. The molecule has 0 spiro atoms. The van der Waals surface area contributed by atoms with Crippen LogP contribution in [0.5, 0.6) is 0 Å². The van der Waals surface area contributed by atoms with E-state index in [0.717, 1.165) is 0 Å². The van der Waals surface area contributed by atoms with Crippen LogP contribution in [-0.4, -0.2) is 26.7 Å². The molecular formula is C18H48OS. The van der Waals surface area contributed by atoms with E-state index in [9.17, 15) is 0 Å². The molecule has 0 fully saturated rings. The Morgan fingerprint density at radius 1 is 0.550 bits per heavy atom. The van der Waals surface area contributed by atoms with Gasteiger partial charge in [-0.25, -0.2) is 0 Å². The van der Waals surface area contributed by atoms with Gasteiger partial charge in [-0.05, 0) is 12.5 Å². The molecule has 0 unspecified atom stereocenters. The van der Waals surface area contributed by atoms with Gasteiger partial charge in [0.1, 0.15) is 0 Å². The van der Waals surface area contributed by atoms with Gasteiger partial charge in [-0.1, -0.05) is 93.9 Å². The van der Waals surface area contributed by atoms with Gasteiger partial charge in [0.05, 0.1) is 0 Å². The average molecular weight is 313 g/mol. The third-order valence-electron chi connectivity index (χ3n) is 1.000. The Labute approximate surface area is 137 Å². The quantitative estimate of drug-likeness (QED) is 0.517. The normalized spacial score (nSPS) is 6.60. The molecule has 0 aromatic heterocycles. The third-order valence-corrected chi connectivity index (χ3v) is 1.000. The number of unbranched alkanes of at least 4 members (excludes halogenated alkanes) is 2. The van der Waals surface area contributed by atoms with Crippen LogP contribution in [0.2, 0.25) is 0 Å².